The van der Waals surface area contributed by atoms with Crippen molar-refractivity contribution in [3.63, 3.8) is 0 Å². The first-order valence-corrected chi connectivity index (χ1v) is 8.12. The van der Waals surface area contributed by atoms with E-state index in [1.165, 1.54) is 13.2 Å². The van der Waals surface area contributed by atoms with Crippen LogP contribution >= 0.6 is 0 Å². The van der Waals surface area contributed by atoms with Crippen molar-refractivity contribution >= 4 is 23.2 Å². The second-order valence-electron chi connectivity index (χ2n) is 6.07. The Morgan fingerprint density at radius 2 is 1.76 bits per heavy atom. The summed E-state index contributed by atoms with van der Waals surface area (Å²) in [5.41, 5.74) is 2.13. The van der Waals surface area contributed by atoms with Gasteiger partial charge in [-0.25, -0.2) is 0 Å². The molecule has 1 aliphatic carbocycles. The molecule has 2 aromatic carbocycles. The number of carbonyl (C=O) groups is 2. The van der Waals surface area contributed by atoms with E-state index in [1.54, 1.807) is 24.3 Å². The summed E-state index contributed by atoms with van der Waals surface area (Å²) in [7, 11) is 1.45. The minimum Gasteiger partial charge on any atom is -0.504 e. The molecule has 1 saturated carbocycles. The molecular weight excluding hydrogens is 320 g/mol. The SMILES string of the molecule is COc1cc(NC(=O)Cc2ccc(NC(=O)C3CC3)cc2)ccc1O. The second kappa shape index (κ2) is 7.25. The number of benzene rings is 2. The van der Waals surface area contributed by atoms with Crippen LogP contribution in [0.1, 0.15) is 18.4 Å². The molecule has 0 radical (unpaired) electrons. The molecule has 2 amide bonds. The Hall–Kier alpha value is -3.02. The van der Waals surface area contributed by atoms with E-state index in [0.29, 0.717) is 11.4 Å². The number of hydrogen-bond donors (Lipinski definition) is 3. The maximum absolute atomic E-state index is 12.1. The van der Waals surface area contributed by atoms with Gasteiger partial charge in [-0.15, -0.1) is 0 Å². The van der Waals surface area contributed by atoms with Crippen LogP contribution in [0.25, 0.3) is 0 Å². The van der Waals surface area contributed by atoms with Gasteiger partial charge in [0, 0.05) is 23.4 Å². The van der Waals surface area contributed by atoms with E-state index in [0.717, 1.165) is 24.1 Å². The van der Waals surface area contributed by atoms with E-state index in [2.05, 4.69) is 10.6 Å². The third-order valence-corrected chi connectivity index (χ3v) is 4.00. The van der Waals surface area contributed by atoms with Crippen molar-refractivity contribution in [1.29, 1.82) is 0 Å². The summed E-state index contributed by atoms with van der Waals surface area (Å²) >= 11 is 0. The van der Waals surface area contributed by atoms with Crippen molar-refractivity contribution in [1.82, 2.24) is 0 Å². The lowest BCUT2D eigenvalue weighted by Crippen LogP contribution is -2.15. The van der Waals surface area contributed by atoms with Crippen LogP contribution in [0, 0.1) is 5.92 Å². The van der Waals surface area contributed by atoms with Gasteiger partial charge in [-0.1, -0.05) is 12.1 Å². The number of nitrogens with one attached hydrogen (secondary N) is 2. The Morgan fingerprint density at radius 1 is 1.08 bits per heavy atom. The molecule has 0 aliphatic heterocycles. The topological polar surface area (TPSA) is 87.7 Å². The van der Waals surface area contributed by atoms with Gasteiger partial charge in [-0.2, -0.15) is 0 Å². The van der Waals surface area contributed by atoms with Gasteiger partial charge in [0.05, 0.1) is 13.5 Å². The fourth-order valence-electron chi connectivity index (χ4n) is 2.44. The lowest BCUT2D eigenvalue weighted by Gasteiger charge is -2.09. The zero-order chi connectivity index (χ0) is 17.8. The maximum Gasteiger partial charge on any atom is 0.228 e. The number of phenols is 1. The summed E-state index contributed by atoms with van der Waals surface area (Å²) in [6.45, 7) is 0. The summed E-state index contributed by atoms with van der Waals surface area (Å²) in [5, 5.41) is 15.2. The first kappa shape index (κ1) is 16.8. The summed E-state index contributed by atoms with van der Waals surface area (Å²) < 4.78 is 5.02. The Morgan fingerprint density at radius 3 is 2.40 bits per heavy atom. The molecule has 25 heavy (non-hydrogen) atoms. The summed E-state index contributed by atoms with van der Waals surface area (Å²) in [6.07, 6.45) is 2.14. The van der Waals surface area contributed by atoms with Crippen molar-refractivity contribution in [3.05, 3.63) is 48.0 Å². The first-order chi connectivity index (χ1) is 12.0. The molecule has 6 heteroatoms. The molecular formula is C19H20N2O4. The number of rotatable bonds is 6. The molecule has 0 unspecified atom stereocenters. The van der Waals surface area contributed by atoms with Gasteiger partial charge in [-0.05, 0) is 42.7 Å². The van der Waals surface area contributed by atoms with Crippen molar-refractivity contribution in [2.75, 3.05) is 17.7 Å². The van der Waals surface area contributed by atoms with E-state index in [1.807, 2.05) is 12.1 Å². The lowest BCUT2D eigenvalue weighted by atomic mass is 10.1. The Kier molecular flexibility index (Phi) is 4.88. The van der Waals surface area contributed by atoms with E-state index in [9.17, 15) is 14.7 Å². The van der Waals surface area contributed by atoms with Crippen LogP contribution in [-0.4, -0.2) is 24.0 Å². The predicted octanol–water partition coefficient (Wildman–Crippen LogP) is 2.93. The average Bonchev–Trinajstić information content (AvgIpc) is 3.43. The molecule has 3 N–H and O–H groups in total. The Labute approximate surface area is 145 Å². The van der Waals surface area contributed by atoms with Gasteiger partial charge in [0.15, 0.2) is 11.5 Å². The van der Waals surface area contributed by atoms with Crippen LogP contribution in [0.15, 0.2) is 42.5 Å². The fraction of sp³-hybridized carbons (Fsp3) is 0.263. The lowest BCUT2D eigenvalue weighted by molar-refractivity contribution is -0.117. The van der Waals surface area contributed by atoms with Crippen LogP contribution in [0.2, 0.25) is 0 Å². The molecule has 0 spiro atoms. The number of carbonyl (C=O) groups excluding carboxylic acids is 2. The maximum atomic E-state index is 12.1. The van der Waals surface area contributed by atoms with E-state index < -0.39 is 0 Å². The van der Waals surface area contributed by atoms with Gasteiger partial charge < -0.3 is 20.5 Å². The van der Waals surface area contributed by atoms with Gasteiger partial charge in [0.1, 0.15) is 0 Å². The zero-order valence-electron chi connectivity index (χ0n) is 13.9. The third-order valence-electron chi connectivity index (χ3n) is 4.00. The van der Waals surface area contributed by atoms with Crippen molar-refractivity contribution in [2.24, 2.45) is 5.92 Å². The number of methoxy groups -OCH3 is 1. The minimum atomic E-state index is -0.178. The first-order valence-electron chi connectivity index (χ1n) is 8.12. The van der Waals surface area contributed by atoms with Crippen LogP contribution in [-0.2, 0) is 16.0 Å². The van der Waals surface area contributed by atoms with Crippen LogP contribution in [0.4, 0.5) is 11.4 Å². The smallest absolute Gasteiger partial charge is 0.228 e. The van der Waals surface area contributed by atoms with E-state index in [4.69, 9.17) is 4.74 Å². The molecule has 130 valence electrons. The molecule has 0 heterocycles. The molecule has 0 saturated heterocycles. The standard InChI is InChI=1S/C19H20N2O4/c1-25-17-11-15(8-9-16(17)22)20-18(23)10-12-2-6-14(7-3-12)21-19(24)13-4-5-13/h2-3,6-9,11,13,22H,4-5,10H2,1H3,(H,20,23)(H,21,24). The number of hydrogen-bond acceptors (Lipinski definition) is 4. The highest BCUT2D eigenvalue weighted by Crippen LogP contribution is 2.30. The number of aromatic hydroxyl groups is 1. The largest absolute Gasteiger partial charge is 0.504 e. The van der Waals surface area contributed by atoms with Crippen LogP contribution in [0.3, 0.4) is 0 Å². The quantitative estimate of drug-likeness (QED) is 0.706. The summed E-state index contributed by atoms with van der Waals surface area (Å²) in [6, 6.07) is 11.9. The number of amides is 2. The highest BCUT2D eigenvalue weighted by atomic mass is 16.5. The predicted molar refractivity (Wildman–Crippen MR) is 94.8 cm³/mol. The summed E-state index contributed by atoms with van der Waals surface area (Å²) in [5.74, 6) is 0.361. The normalized spacial score (nSPS) is 13.2. The number of ether oxygens (including phenoxy) is 1. The Balaban J connectivity index is 1.56. The van der Waals surface area contributed by atoms with E-state index >= 15 is 0 Å². The monoisotopic (exact) mass is 340 g/mol. The molecule has 1 aliphatic rings. The van der Waals surface area contributed by atoms with Crippen molar-refractivity contribution in [2.45, 2.75) is 19.3 Å². The highest BCUT2D eigenvalue weighted by molar-refractivity contribution is 5.94. The zero-order valence-corrected chi connectivity index (χ0v) is 13.9. The molecule has 0 atom stereocenters. The van der Waals surface area contributed by atoms with Crippen LogP contribution in [0.5, 0.6) is 11.5 Å². The summed E-state index contributed by atoms with van der Waals surface area (Å²) in [4.78, 5) is 23.9. The molecule has 6 nitrogen and oxygen atoms in total. The molecule has 3 rings (SSSR count). The molecule has 2 aromatic rings. The van der Waals surface area contributed by atoms with Gasteiger partial charge in [0.25, 0.3) is 0 Å². The van der Waals surface area contributed by atoms with Crippen LogP contribution < -0.4 is 15.4 Å². The number of phenolic OH excluding ortho intramolecular Hbond substituents is 1. The molecule has 1 fully saturated rings. The second-order valence-corrected chi connectivity index (χ2v) is 6.07. The average molecular weight is 340 g/mol. The Bertz CT molecular complexity index is 783. The third kappa shape index (κ3) is 4.50. The van der Waals surface area contributed by atoms with Gasteiger partial charge in [-0.3, -0.25) is 9.59 Å². The fourth-order valence-corrected chi connectivity index (χ4v) is 2.44. The molecule has 0 bridgehead atoms. The van der Waals surface area contributed by atoms with Gasteiger partial charge >= 0.3 is 0 Å². The number of anilines is 2. The molecule has 0 aromatic heterocycles. The van der Waals surface area contributed by atoms with Gasteiger partial charge in [0.2, 0.25) is 11.8 Å². The highest BCUT2D eigenvalue weighted by Gasteiger charge is 2.29. The van der Waals surface area contributed by atoms with E-state index in [-0.39, 0.29) is 29.9 Å². The van der Waals surface area contributed by atoms with Crippen molar-refractivity contribution in [3.8, 4) is 11.5 Å². The minimum absolute atomic E-state index is 0.0179. The van der Waals surface area contributed by atoms with Crippen molar-refractivity contribution < 1.29 is 19.4 Å².